The third-order valence-corrected chi connectivity index (χ3v) is 16.7. The Balaban J connectivity index is 0.00000213. The van der Waals surface area contributed by atoms with E-state index in [1.807, 2.05) is 60.7 Å². The van der Waals surface area contributed by atoms with Gasteiger partial charge in [0.25, 0.3) is 10.1 Å². The molecule has 0 radical (unpaired) electrons. The van der Waals surface area contributed by atoms with Crippen LogP contribution in [0.5, 0.6) is 11.5 Å². The highest BCUT2D eigenvalue weighted by Gasteiger charge is 2.23. The number of nitrogens with one attached hydrogen (secondary N) is 2. The SMILES string of the molecule is CCN(CC)c1cc(Nc2nc(Nc3cc(N(CC)CC)c(OC)cc3N=Nc3ccc(-c4nc5ccc(C)c(S(=O)(=O)O)c5s4)cc3)nc(SCCO)n2)c(N=Nc2ccc(-c3nc4ccc(C)cc4s3)cc2)cc1OC.O=S(=O)=O. The van der Waals surface area contributed by atoms with Crippen molar-refractivity contribution in [1.29, 1.82) is 0 Å². The van der Waals surface area contributed by atoms with Crippen molar-refractivity contribution in [2.75, 3.05) is 73.2 Å². The van der Waals surface area contributed by atoms with Gasteiger partial charge in [-0.1, -0.05) is 23.9 Å². The zero-order valence-corrected chi connectivity index (χ0v) is 49.9. The zero-order valence-electron chi connectivity index (χ0n) is 45.8. The molecule has 0 fully saturated rings. The molecule has 0 aliphatic carbocycles. The average Bonchev–Trinajstić information content (AvgIpc) is 3.96. The number of hydrogen-bond donors (Lipinski definition) is 4. The van der Waals surface area contributed by atoms with E-state index in [9.17, 15) is 18.1 Å². The normalized spacial score (nSPS) is 11.5. The summed E-state index contributed by atoms with van der Waals surface area (Å²) in [6.45, 7) is 14.7. The minimum atomic E-state index is -4.47. The first-order chi connectivity index (χ1) is 39.4. The van der Waals surface area contributed by atoms with Crippen molar-refractivity contribution in [3.63, 3.8) is 0 Å². The smallest absolute Gasteiger partial charge is 0.425 e. The summed E-state index contributed by atoms with van der Waals surface area (Å²) in [5.41, 5.74) is 9.49. The van der Waals surface area contributed by atoms with Crippen LogP contribution in [0, 0.1) is 13.8 Å². The molecule has 0 amide bonds. The monoisotopic (exact) mass is 1200 g/mol. The molecule has 0 saturated carbocycles. The molecule has 4 N–H and O–H groups in total. The molecule has 0 aliphatic heterocycles. The van der Waals surface area contributed by atoms with E-state index in [0.717, 1.165) is 37.7 Å². The number of thiazole rings is 2. The summed E-state index contributed by atoms with van der Waals surface area (Å²) in [4.78, 5) is 28.1. The number of aryl methyl sites for hydroxylation is 2. The van der Waals surface area contributed by atoms with Gasteiger partial charge in [0.05, 0.1) is 75.4 Å². The molecule has 0 unspecified atom stereocenters. The first kappa shape index (κ1) is 60.1. The van der Waals surface area contributed by atoms with Crippen molar-refractivity contribution in [2.45, 2.75) is 51.6 Å². The molecule has 0 spiro atoms. The summed E-state index contributed by atoms with van der Waals surface area (Å²) in [7, 11) is -4.35. The number of aliphatic hydroxyl groups is 1. The number of azo groups is 2. The van der Waals surface area contributed by atoms with Crippen LogP contribution in [0.4, 0.5) is 57.4 Å². The van der Waals surface area contributed by atoms with Gasteiger partial charge in [-0.15, -0.1) is 45.5 Å². The van der Waals surface area contributed by atoms with E-state index in [1.54, 1.807) is 62.8 Å². The second-order valence-corrected chi connectivity index (χ2v) is 22.6. The fraction of sp³-hybridized carbons (Fsp3) is 0.255. The Hall–Kier alpha value is -8.05. The van der Waals surface area contributed by atoms with Gasteiger partial charge in [-0.3, -0.25) is 4.55 Å². The lowest BCUT2D eigenvalue weighted by molar-refractivity contribution is 0.322. The lowest BCUT2D eigenvalue weighted by atomic mass is 10.2. The van der Waals surface area contributed by atoms with Gasteiger partial charge in [0, 0.05) is 55.2 Å². The van der Waals surface area contributed by atoms with Gasteiger partial charge in [-0.25, -0.2) is 9.97 Å². The lowest BCUT2D eigenvalue weighted by Gasteiger charge is -2.25. The number of thioether (sulfide) groups is 1. The molecule has 3 aromatic heterocycles. The maximum Gasteiger partial charge on any atom is 0.425 e. The molecule has 3 heterocycles. The Labute approximate surface area is 487 Å². The predicted molar refractivity (Wildman–Crippen MR) is 325 cm³/mol. The molecular formula is C55H57N13O9S5. The number of ether oxygens (including phenoxy) is 2. The summed E-state index contributed by atoms with van der Waals surface area (Å²) in [6, 6.07) is 32.1. The van der Waals surface area contributed by atoms with Crippen molar-refractivity contribution in [3.8, 4) is 32.6 Å². The molecule has 0 bridgehead atoms. The number of fused-ring (bicyclic) bond motifs is 2. The summed E-state index contributed by atoms with van der Waals surface area (Å²) in [5, 5.41) is 37.3. The van der Waals surface area contributed by atoms with Crippen molar-refractivity contribution in [3.05, 3.63) is 114 Å². The Morgan fingerprint density at radius 2 is 1.10 bits per heavy atom. The fourth-order valence-electron chi connectivity index (χ4n) is 8.57. The maximum atomic E-state index is 12.3. The van der Waals surface area contributed by atoms with Crippen molar-refractivity contribution >= 4 is 133 Å². The molecule has 9 rings (SSSR count). The summed E-state index contributed by atoms with van der Waals surface area (Å²) < 4.78 is 73.3. The Morgan fingerprint density at radius 1 is 0.622 bits per heavy atom. The van der Waals surface area contributed by atoms with Gasteiger partial charge >= 0.3 is 10.6 Å². The van der Waals surface area contributed by atoms with Crippen LogP contribution in [0.15, 0.2) is 134 Å². The van der Waals surface area contributed by atoms with E-state index in [4.69, 9.17) is 52.3 Å². The van der Waals surface area contributed by atoms with Crippen LogP contribution >= 0.6 is 34.4 Å². The Kier molecular flexibility index (Phi) is 19.9. The van der Waals surface area contributed by atoms with E-state index >= 15 is 0 Å². The van der Waals surface area contributed by atoms with Crippen LogP contribution in [0.25, 0.3) is 41.6 Å². The van der Waals surface area contributed by atoms with Crippen LogP contribution in [-0.2, 0) is 20.7 Å². The Morgan fingerprint density at radius 3 is 1.56 bits per heavy atom. The van der Waals surface area contributed by atoms with E-state index in [0.29, 0.717) is 103 Å². The second kappa shape index (κ2) is 27.1. The summed E-state index contributed by atoms with van der Waals surface area (Å²) in [6.07, 6.45) is 0. The van der Waals surface area contributed by atoms with Gasteiger partial charge in [0.2, 0.25) is 11.9 Å². The first-order valence-electron chi connectivity index (χ1n) is 25.5. The summed E-state index contributed by atoms with van der Waals surface area (Å²) in [5.74, 6) is 1.87. The topological polar surface area (TPSA) is 289 Å². The van der Waals surface area contributed by atoms with Crippen LogP contribution in [0.3, 0.4) is 0 Å². The first-order valence-corrected chi connectivity index (χ1v) is 30.6. The predicted octanol–water partition coefficient (Wildman–Crippen LogP) is 13.4. The van der Waals surface area contributed by atoms with Crippen LogP contribution in [0.1, 0.15) is 38.8 Å². The third kappa shape index (κ3) is 14.5. The molecule has 27 heteroatoms. The van der Waals surface area contributed by atoms with Crippen molar-refractivity contribution in [1.82, 2.24) is 24.9 Å². The van der Waals surface area contributed by atoms with E-state index in [2.05, 4.69) is 82.4 Å². The van der Waals surface area contributed by atoms with Crippen LogP contribution in [0.2, 0.25) is 0 Å². The molecule has 82 heavy (non-hydrogen) atoms. The largest absolute Gasteiger partial charge is 0.494 e. The minimum Gasteiger partial charge on any atom is -0.494 e. The number of anilines is 6. The highest BCUT2D eigenvalue weighted by molar-refractivity contribution is 7.99. The number of hydrogen-bond acceptors (Lipinski definition) is 24. The van der Waals surface area contributed by atoms with Gasteiger partial charge in [0.15, 0.2) is 5.16 Å². The zero-order chi connectivity index (χ0) is 58.7. The molecule has 0 saturated heterocycles. The molecular weight excluding hydrogens is 1150 g/mol. The number of rotatable bonds is 22. The van der Waals surface area contributed by atoms with Crippen molar-refractivity contribution < 1.29 is 40.2 Å². The van der Waals surface area contributed by atoms with E-state index < -0.39 is 20.7 Å². The molecule has 9 aromatic rings. The highest BCUT2D eigenvalue weighted by Crippen LogP contribution is 2.44. The van der Waals surface area contributed by atoms with Gasteiger partial charge in [-0.2, -0.15) is 33.6 Å². The molecule has 6 aromatic carbocycles. The molecule has 0 aliphatic rings. The van der Waals surface area contributed by atoms with Crippen LogP contribution in [-0.4, -0.2) is 108 Å². The van der Waals surface area contributed by atoms with Gasteiger partial charge < -0.3 is 35.0 Å². The van der Waals surface area contributed by atoms with E-state index in [-0.39, 0.29) is 23.4 Å². The summed E-state index contributed by atoms with van der Waals surface area (Å²) >= 11 is 4.09. The molecule has 426 valence electrons. The highest BCUT2D eigenvalue weighted by atomic mass is 32.2. The average molecular weight is 1200 g/mol. The van der Waals surface area contributed by atoms with E-state index in [1.165, 1.54) is 28.7 Å². The minimum absolute atomic E-state index is 0.105. The standard InChI is InChI=1S/C55H57N13O6S4.O3S/c1-9-67(10-2)44-28-40(42(30-46(44)73-7)65-63-36-19-15-34(16-20-36)51-56-38-23-13-32(5)27-48(38)76-51)58-53-60-54(62-55(61-53)75-26-25-69)59-41-29-45(68(11-3)12-4)47(74-8)31-43(41)66-64-37-21-17-35(18-22-37)52-57-39-24-14-33(6)50(49(39)77-52)78(70,71)72;1-4(2)3/h13-24,27-31,69H,9-12,25-26H2,1-8H3,(H,70,71,72)(H2,58,59,60,61,62);. The maximum absolute atomic E-state index is 12.3. The lowest BCUT2D eigenvalue weighted by Crippen LogP contribution is -2.22. The third-order valence-electron chi connectivity index (χ3n) is 12.5. The number of methoxy groups -OCH3 is 2. The number of nitrogens with zero attached hydrogens (tertiary/aromatic N) is 11. The second-order valence-electron chi connectivity index (χ2n) is 17.8. The fourth-order valence-corrected chi connectivity index (χ4v) is 12.5. The number of aliphatic hydroxyl groups excluding tert-OH is 1. The Bertz CT molecular complexity index is 4040. The van der Waals surface area contributed by atoms with Gasteiger partial charge in [-0.05, 0) is 132 Å². The van der Waals surface area contributed by atoms with Gasteiger partial charge in [0.1, 0.15) is 37.8 Å². The van der Waals surface area contributed by atoms with Crippen LogP contribution < -0.4 is 29.9 Å². The van der Waals surface area contributed by atoms with Crippen molar-refractivity contribution in [2.24, 2.45) is 20.5 Å². The quantitative estimate of drug-likeness (QED) is 0.0278. The number of benzene rings is 6. The number of aromatic nitrogens is 5. The molecule has 22 nitrogen and oxygen atoms in total. The molecule has 0 atom stereocenters.